The first-order valence-electron chi connectivity index (χ1n) is 6.34. The van der Waals surface area contributed by atoms with E-state index < -0.39 is 0 Å². The van der Waals surface area contributed by atoms with E-state index in [0.29, 0.717) is 0 Å². The summed E-state index contributed by atoms with van der Waals surface area (Å²) in [7, 11) is 2.13. The number of rotatable bonds is 1. The molecule has 1 aromatic carbocycles. The highest BCUT2D eigenvalue weighted by Gasteiger charge is 2.20. The van der Waals surface area contributed by atoms with Crippen LogP contribution in [0.1, 0.15) is 30.1 Å². The van der Waals surface area contributed by atoms with Crippen molar-refractivity contribution >= 4 is 15.1 Å². The molecule has 1 aliphatic rings. The van der Waals surface area contributed by atoms with Crippen molar-refractivity contribution < 1.29 is 9.90 Å². The molecule has 0 saturated carbocycles. The third kappa shape index (κ3) is 4.75. The van der Waals surface area contributed by atoms with Crippen molar-refractivity contribution in [1.29, 1.82) is 0 Å². The molecule has 4 heteroatoms. The zero-order valence-electron chi connectivity index (χ0n) is 10.9. The molecule has 1 unspecified atom stereocenters. The van der Waals surface area contributed by atoms with Crippen LogP contribution >= 0.6 is 9.24 Å². The summed E-state index contributed by atoms with van der Waals surface area (Å²) in [6.07, 6.45) is 2.44. The summed E-state index contributed by atoms with van der Waals surface area (Å²) in [6.45, 7) is 4.08. The van der Waals surface area contributed by atoms with Crippen LogP contribution in [0.25, 0.3) is 0 Å². The second-order valence-corrected chi connectivity index (χ2v) is 4.89. The van der Waals surface area contributed by atoms with Gasteiger partial charge in [0.25, 0.3) is 5.91 Å². The largest absolute Gasteiger partial charge is 0.392 e. The first-order chi connectivity index (χ1) is 8.69. The summed E-state index contributed by atoms with van der Waals surface area (Å²) in [5.74, 6) is 0.951. The Morgan fingerprint density at radius 3 is 2.33 bits per heavy atom. The van der Waals surface area contributed by atoms with Crippen LogP contribution in [0.15, 0.2) is 30.3 Å². The summed E-state index contributed by atoms with van der Waals surface area (Å²) in [6, 6.07) is 9.55. The average Bonchev–Trinajstić information content (AvgIpc) is 2.41. The zero-order chi connectivity index (χ0) is 13.4. The van der Waals surface area contributed by atoms with Crippen molar-refractivity contribution in [3.63, 3.8) is 0 Å². The lowest BCUT2D eigenvalue weighted by molar-refractivity contribution is 0.0697. The number of piperidine rings is 1. The van der Waals surface area contributed by atoms with Gasteiger partial charge in [-0.05, 0) is 30.9 Å². The van der Waals surface area contributed by atoms with Gasteiger partial charge in [0.15, 0.2) is 0 Å². The number of likely N-dealkylation sites (tertiary alicyclic amines) is 1. The molecule has 1 fully saturated rings. The van der Waals surface area contributed by atoms with E-state index in [1.165, 1.54) is 0 Å². The van der Waals surface area contributed by atoms with Crippen molar-refractivity contribution in [1.82, 2.24) is 4.90 Å². The topological polar surface area (TPSA) is 40.5 Å². The number of aliphatic hydroxyl groups is 1. The summed E-state index contributed by atoms with van der Waals surface area (Å²) in [5.41, 5.74) is 0.812. The van der Waals surface area contributed by atoms with Gasteiger partial charge in [-0.2, -0.15) is 0 Å². The Kier molecular flexibility index (Phi) is 6.92. The third-order valence-corrected chi connectivity index (χ3v) is 3.09. The molecule has 3 nitrogen and oxygen atoms in total. The van der Waals surface area contributed by atoms with Gasteiger partial charge in [-0.3, -0.25) is 4.79 Å². The lowest BCUT2D eigenvalue weighted by Crippen LogP contribution is -2.37. The SMILES string of the molecule is CC1CCN(C(=O)c2ccccc2)CC1.OCP. The maximum Gasteiger partial charge on any atom is 0.253 e. The predicted molar refractivity (Wildman–Crippen MR) is 77.5 cm³/mol. The van der Waals surface area contributed by atoms with E-state index in [1.54, 1.807) is 0 Å². The Morgan fingerprint density at radius 1 is 1.33 bits per heavy atom. The van der Waals surface area contributed by atoms with Gasteiger partial charge >= 0.3 is 0 Å². The van der Waals surface area contributed by atoms with Crippen molar-refractivity contribution in [2.75, 3.05) is 19.4 Å². The van der Waals surface area contributed by atoms with Crippen LogP contribution in [-0.2, 0) is 0 Å². The molecule has 1 aliphatic heterocycles. The van der Waals surface area contributed by atoms with Crippen molar-refractivity contribution in [3.05, 3.63) is 35.9 Å². The highest BCUT2D eigenvalue weighted by atomic mass is 31.0. The molecule has 0 aliphatic carbocycles. The summed E-state index contributed by atoms with van der Waals surface area (Å²) in [5, 5.41) is 7.53. The van der Waals surface area contributed by atoms with E-state index in [0.717, 1.165) is 37.4 Å². The Balaban J connectivity index is 0.000000492. The molecule has 0 radical (unpaired) electrons. The van der Waals surface area contributed by atoms with E-state index in [4.69, 9.17) is 5.11 Å². The highest BCUT2D eigenvalue weighted by Crippen LogP contribution is 2.17. The molecule has 2 rings (SSSR count). The minimum Gasteiger partial charge on any atom is -0.392 e. The second kappa shape index (κ2) is 8.23. The fourth-order valence-corrected chi connectivity index (χ4v) is 1.97. The Bertz CT molecular complexity index is 348. The number of carbonyl (C=O) groups is 1. The van der Waals surface area contributed by atoms with Gasteiger partial charge in [0.2, 0.25) is 0 Å². The molecule has 0 bridgehead atoms. The lowest BCUT2D eigenvalue weighted by Gasteiger charge is -2.30. The minimum atomic E-state index is 0.167. The highest BCUT2D eigenvalue weighted by molar-refractivity contribution is 7.16. The number of hydrogen-bond acceptors (Lipinski definition) is 2. The van der Waals surface area contributed by atoms with E-state index in [-0.39, 0.29) is 12.3 Å². The van der Waals surface area contributed by atoms with Gasteiger partial charge in [0.05, 0.1) is 6.35 Å². The van der Waals surface area contributed by atoms with Gasteiger partial charge in [0.1, 0.15) is 0 Å². The van der Waals surface area contributed by atoms with Gasteiger partial charge in [0, 0.05) is 18.7 Å². The summed E-state index contributed by atoms with van der Waals surface area (Å²) < 4.78 is 0. The van der Waals surface area contributed by atoms with Crippen molar-refractivity contribution in [3.8, 4) is 0 Å². The Hall–Kier alpha value is -0.920. The fourth-order valence-electron chi connectivity index (χ4n) is 1.97. The van der Waals surface area contributed by atoms with Gasteiger partial charge in [-0.15, -0.1) is 9.24 Å². The maximum atomic E-state index is 12.0. The molecule has 1 amide bonds. The molecule has 18 heavy (non-hydrogen) atoms. The van der Waals surface area contributed by atoms with Crippen molar-refractivity contribution in [2.45, 2.75) is 19.8 Å². The normalized spacial score (nSPS) is 15.8. The van der Waals surface area contributed by atoms with Crippen LogP contribution in [0, 0.1) is 5.92 Å². The van der Waals surface area contributed by atoms with Crippen molar-refractivity contribution in [2.24, 2.45) is 5.92 Å². The van der Waals surface area contributed by atoms with E-state index in [2.05, 4.69) is 16.2 Å². The quantitative estimate of drug-likeness (QED) is 0.794. The van der Waals surface area contributed by atoms with Crippen LogP contribution in [0.4, 0.5) is 0 Å². The number of aliphatic hydroxyl groups excluding tert-OH is 1. The number of hydrogen-bond donors (Lipinski definition) is 1. The monoisotopic (exact) mass is 267 g/mol. The van der Waals surface area contributed by atoms with E-state index in [9.17, 15) is 4.79 Å². The number of nitrogens with zero attached hydrogens (tertiary/aromatic N) is 1. The molecule has 100 valence electrons. The van der Waals surface area contributed by atoms with Gasteiger partial charge < -0.3 is 10.0 Å². The molecule has 1 saturated heterocycles. The average molecular weight is 267 g/mol. The van der Waals surface area contributed by atoms with Crippen LogP contribution < -0.4 is 0 Å². The molecular weight excluding hydrogens is 245 g/mol. The van der Waals surface area contributed by atoms with Crippen LogP contribution in [0.3, 0.4) is 0 Å². The third-order valence-electron chi connectivity index (χ3n) is 3.09. The second-order valence-electron chi connectivity index (χ2n) is 4.52. The summed E-state index contributed by atoms with van der Waals surface area (Å²) >= 11 is 0. The predicted octanol–water partition coefficient (Wildman–Crippen LogP) is 2.37. The molecular formula is C14H22NO2P. The van der Waals surface area contributed by atoms with Crippen LogP contribution in [0.5, 0.6) is 0 Å². The zero-order valence-corrected chi connectivity index (χ0v) is 12.0. The first kappa shape index (κ1) is 15.1. The standard InChI is InChI=1S/C13H17NO.CH5OP/c1-11-7-9-14(10-8-11)13(15)12-5-3-2-4-6-12;2-1-3/h2-6,11H,7-10H2,1H3;2H,1,3H2. The Labute approximate surface area is 111 Å². The van der Waals surface area contributed by atoms with Crippen LogP contribution in [0.2, 0.25) is 0 Å². The number of amides is 1. The smallest absolute Gasteiger partial charge is 0.253 e. The number of carbonyl (C=O) groups excluding carboxylic acids is 1. The maximum absolute atomic E-state index is 12.0. The molecule has 1 aromatic rings. The molecule has 0 spiro atoms. The molecule has 0 aromatic heterocycles. The van der Waals surface area contributed by atoms with Crippen LogP contribution in [-0.4, -0.2) is 35.4 Å². The first-order valence-corrected chi connectivity index (χ1v) is 7.16. The lowest BCUT2D eigenvalue weighted by atomic mass is 9.98. The molecule has 1 heterocycles. The molecule has 1 atom stereocenters. The van der Waals surface area contributed by atoms with Gasteiger partial charge in [-0.25, -0.2) is 0 Å². The van der Waals surface area contributed by atoms with E-state index >= 15 is 0 Å². The fraction of sp³-hybridized carbons (Fsp3) is 0.500. The Morgan fingerprint density at radius 2 is 1.83 bits per heavy atom. The molecule has 1 N–H and O–H groups in total. The summed E-state index contributed by atoms with van der Waals surface area (Å²) in [4.78, 5) is 14.0. The van der Waals surface area contributed by atoms with Gasteiger partial charge in [-0.1, -0.05) is 25.1 Å². The van der Waals surface area contributed by atoms with E-state index in [1.807, 2.05) is 35.2 Å². The number of benzene rings is 1. The minimum absolute atomic E-state index is 0.167.